The lowest BCUT2D eigenvalue weighted by Crippen LogP contribution is -1.94. The summed E-state index contributed by atoms with van der Waals surface area (Å²) >= 11 is 6.18. The molecule has 8 heteroatoms. The van der Waals surface area contributed by atoms with E-state index in [1.165, 1.54) is 12.1 Å². The molecule has 0 aromatic heterocycles. The van der Waals surface area contributed by atoms with E-state index in [1.54, 1.807) is 12.1 Å². The van der Waals surface area contributed by atoms with Gasteiger partial charge in [0.15, 0.2) is 11.6 Å². The Morgan fingerprint density at radius 3 is 1.45 bits per heavy atom. The van der Waals surface area contributed by atoms with E-state index in [0.29, 0.717) is 8.95 Å². The molecule has 0 saturated heterocycles. The Hall–Kier alpha value is -0.440. The molecule has 0 radical (unpaired) electrons. The standard InChI is InChI=1S/C12H8Br2F2N2S2/c13-5-1-3-7(17)11(9(5)15)19-20-12-8(18)4-2-6(14)10(12)16/h1-4H,17-18H2. The molecule has 0 fully saturated rings. The maximum Gasteiger partial charge on any atom is 0.153 e. The average molecular weight is 442 g/mol. The van der Waals surface area contributed by atoms with Crippen molar-refractivity contribution >= 4 is 64.8 Å². The predicted molar refractivity (Wildman–Crippen MR) is 88.7 cm³/mol. The van der Waals surface area contributed by atoms with Crippen LogP contribution in [0.15, 0.2) is 43.0 Å². The second kappa shape index (κ2) is 6.55. The van der Waals surface area contributed by atoms with E-state index in [-0.39, 0.29) is 21.2 Å². The lowest BCUT2D eigenvalue weighted by atomic mass is 10.3. The predicted octanol–water partition coefficient (Wildman–Crippen LogP) is 5.45. The van der Waals surface area contributed by atoms with Crippen molar-refractivity contribution in [3.05, 3.63) is 44.8 Å². The molecule has 0 aliphatic rings. The monoisotopic (exact) mass is 440 g/mol. The van der Waals surface area contributed by atoms with Gasteiger partial charge in [-0.1, -0.05) is 0 Å². The van der Waals surface area contributed by atoms with Gasteiger partial charge >= 0.3 is 0 Å². The van der Waals surface area contributed by atoms with E-state index in [4.69, 9.17) is 11.5 Å². The number of nitrogen functional groups attached to an aromatic ring is 2. The zero-order valence-corrected chi connectivity index (χ0v) is 14.6. The highest BCUT2D eigenvalue weighted by Crippen LogP contribution is 2.46. The van der Waals surface area contributed by atoms with E-state index in [2.05, 4.69) is 31.9 Å². The first-order valence-corrected chi connectivity index (χ1v) is 8.97. The van der Waals surface area contributed by atoms with Crippen LogP contribution in [0.25, 0.3) is 0 Å². The lowest BCUT2D eigenvalue weighted by Gasteiger charge is -2.10. The summed E-state index contributed by atoms with van der Waals surface area (Å²) in [5.74, 6) is -0.951. The number of rotatable bonds is 3. The van der Waals surface area contributed by atoms with Gasteiger partial charge in [0.25, 0.3) is 0 Å². The fraction of sp³-hybridized carbons (Fsp3) is 0. The molecule has 106 valence electrons. The molecule has 2 rings (SSSR count). The normalized spacial score (nSPS) is 10.8. The zero-order valence-electron chi connectivity index (χ0n) is 9.79. The van der Waals surface area contributed by atoms with Crippen LogP contribution in [0.2, 0.25) is 0 Å². The van der Waals surface area contributed by atoms with Gasteiger partial charge in [-0.3, -0.25) is 0 Å². The van der Waals surface area contributed by atoms with Gasteiger partial charge in [0.1, 0.15) is 0 Å². The van der Waals surface area contributed by atoms with Crippen molar-refractivity contribution < 1.29 is 8.78 Å². The van der Waals surface area contributed by atoms with Crippen LogP contribution in [-0.4, -0.2) is 0 Å². The van der Waals surface area contributed by atoms with Crippen LogP contribution < -0.4 is 11.5 Å². The molecule has 2 aromatic carbocycles. The topological polar surface area (TPSA) is 52.0 Å². The van der Waals surface area contributed by atoms with E-state index in [9.17, 15) is 8.78 Å². The van der Waals surface area contributed by atoms with Crippen molar-refractivity contribution in [1.82, 2.24) is 0 Å². The summed E-state index contributed by atoms with van der Waals surface area (Å²) in [4.78, 5) is 0.478. The van der Waals surface area contributed by atoms with Gasteiger partial charge in [-0.2, -0.15) is 0 Å². The van der Waals surface area contributed by atoms with Crippen molar-refractivity contribution in [3.8, 4) is 0 Å². The molecule has 2 aromatic rings. The first-order valence-electron chi connectivity index (χ1n) is 5.23. The SMILES string of the molecule is Nc1ccc(Br)c(F)c1SSc1c(N)ccc(Br)c1F. The van der Waals surface area contributed by atoms with Gasteiger partial charge in [-0.05, 0) is 77.7 Å². The molecule has 0 spiro atoms. The van der Waals surface area contributed by atoms with Crippen LogP contribution in [0.5, 0.6) is 0 Å². The summed E-state index contributed by atoms with van der Waals surface area (Å²) in [5, 5.41) is 0. The third kappa shape index (κ3) is 3.24. The second-order valence-electron chi connectivity index (χ2n) is 3.73. The Labute approximate surface area is 139 Å². The van der Waals surface area contributed by atoms with Gasteiger partial charge in [0.2, 0.25) is 0 Å². The van der Waals surface area contributed by atoms with Crippen LogP contribution in [-0.2, 0) is 0 Å². The van der Waals surface area contributed by atoms with E-state index < -0.39 is 11.6 Å². The molecule has 0 saturated carbocycles. The van der Waals surface area contributed by atoms with Crippen molar-refractivity contribution in [2.75, 3.05) is 11.5 Å². The summed E-state index contributed by atoms with van der Waals surface area (Å²) in [7, 11) is 2.05. The van der Waals surface area contributed by atoms with Crippen LogP contribution in [0, 0.1) is 11.6 Å². The van der Waals surface area contributed by atoms with E-state index in [0.717, 1.165) is 21.6 Å². The molecule has 0 atom stereocenters. The third-order valence-electron chi connectivity index (χ3n) is 2.37. The number of nitrogens with two attached hydrogens (primary N) is 2. The first kappa shape index (κ1) is 15.9. The Morgan fingerprint density at radius 1 is 0.750 bits per heavy atom. The molecular formula is C12H8Br2F2N2S2. The maximum atomic E-state index is 14.0. The Morgan fingerprint density at radius 2 is 1.10 bits per heavy atom. The molecule has 0 bridgehead atoms. The smallest absolute Gasteiger partial charge is 0.153 e. The summed E-state index contributed by atoms with van der Waals surface area (Å²) in [6, 6.07) is 6.20. The second-order valence-corrected chi connectivity index (χ2v) is 7.58. The zero-order chi connectivity index (χ0) is 14.9. The Bertz CT molecular complexity index is 611. The van der Waals surface area contributed by atoms with E-state index >= 15 is 0 Å². The number of benzene rings is 2. The molecule has 0 amide bonds. The maximum absolute atomic E-state index is 14.0. The van der Waals surface area contributed by atoms with Crippen molar-refractivity contribution in [2.45, 2.75) is 9.79 Å². The summed E-state index contributed by atoms with van der Waals surface area (Å²) in [5.41, 5.74) is 12.0. The number of hydrogen-bond acceptors (Lipinski definition) is 4. The Kier molecular flexibility index (Phi) is 5.22. The minimum atomic E-state index is -0.475. The molecule has 0 aliphatic carbocycles. The largest absolute Gasteiger partial charge is 0.398 e. The summed E-state index contributed by atoms with van der Waals surface area (Å²) in [6.07, 6.45) is 0. The third-order valence-corrected chi connectivity index (χ3v) is 6.09. The van der Waals surface area contributed by atoms with Crippen LogP contribution in [0.1, 0.15) is 0 Å². The van der Waals surface area contributed by atoms with Gasteiger partial charge in [0, 0.05) is 11.4 Å². The number of anilines is 2. The van der Waals surface area contributed by atoms with Crippen LogP contribution in [0.4, 0.5) is 20.2 Å². The molecule has 20 heavy (non-hydrogen) atoms. The number of hydrogen-bond donors (Lipinski definition) is 2. The minimum absolute atomic E-state index is 0.239. The average Bonchev–Trinajstić information content (AvgIpc) is 2.42. The van der Waals surface area contributed by atoms with Crippen LogP contribution >= 0.6 is 53.4 Å². The van der Waals surface area contributed by atoms with Crippen molar-refractivity contribution in [1.29, 1.82) is 0 Å². The van der Waals surface area contributed by atoms with Gasteiger partial charge in [-0.15, -0.1) is 0 Å². The van der Waals surface area contributed by atoms with Crippen LogP contribution in [0.3, 0.4) is 0 Å². The first-order chi connectivity index (χ1) is 9.41. The fourth-order valence-electron chi connectivity index (χ4n) is 1.35. The van der Waals surface area contributed by atoms with E-state index in [1.807, 2.05) is 0 Å². The molecule has 2 nitrogen and oxygen atoms in total. The quantitative estimate of drug-likeness (QED) is 0.490. The fourth-order valence-corrected chi connectivity index (χ4v) is 4.65. The highest BCUT2D eigenvalue weighted by atomic mass is 79.9. The van der Waals surface area contributed by atoms with Gasteiger partial charge in [-0.25, -0.2) is 8.78 Å². The number of halogens is 4. The Balaban J connectivity index is 2.31. The summed E-state index contributed by atoms with van der Waals surface area (Å²) in [6.45, 7) is 0. The highest BCUT2D eigenvalue weighted by molar-refractivity contribution is 9.10. The summed E-state index contributed by atoms with van der Waals surface area (Å²) < 4.78 is 28.5. The van der Waals surface area contributed by atoms with Gasteiger partial charge in [0.05, 0.1) is 18.7 Å². The van der Waals surface area contributed by atoms with Crippen molar-refractivity contribution in [3.63, 3.8) is 0 Å². The lowest BCUT2D eigenvalue weighted by molar-refractivity contribution is 0.595. The molecule has 0 aliphatic heterocycles. The molecule has 0 unspecified atom stereocenters. The highest BCUT2D eigenvalue weighted by Gasteiger charge is 2.16. The minimum Gasteiger partial charge on any atom is -0.398 e. The molecule has 4 N–H and O–H groups in total. The van der Waals surface area contributed by atoms with Crippen molar-refractivity contribution in [2.24, 2.45) is 0 Å². The molecule has 0 heterocycles. The molecular weight excluding hydrogens is 434 g/mol. The van der Waals surface area contributed by atoms with Gasteiger partial charge < -0.3 is 11.5 Å².